The van der Waals surface area contributed by atoms with Gasteiger partial charge in [-0.15, -0.1) is 0 Å². The Morgan fingerprint density at radius 2 is 1.67 bits per heavy atom. The van der Waals surface area contributed by atoms with Crippen LogP contribution in [0, 0.1) is 5.92 Å². The number of hydrogen-bond donors (Lipinski definition) is 1. The van der Waals surface area contributed by atoms with Crippen molar-refractivity contribution in [2.75, 3.05) is 34.4 Å². The van der Waals surface area contributed by atoms with E-state index in [0.29, 0.717) is 23.2 Å². The second-order valence-electron chi connectivity index (χ2n) is 6.30. The van der Waals surface area contributed by atoms with Gasteiger partial charge in [-0.3, -0.25) is 0 Å². The Kier molecular flexibility index (Phi) is 6.17. The van der Waals surface area contributed by atoms with Crippen LogP contribution in [0.3, 0.4) is 0 Å². The molecule has 0 radical (unpaired) electrons. The summed E-state index contributed by atoms with van der Waals surface area (Å²) in [6.45, 7) is 5.81. The highest BCUT2D eigenvalue weighted by Gasteiger charge is 2.23. The van der Waals surface area contributed by atoms with E-state index >= 15 is 0 Å². The first-order valence-electron chi connectivity index (χ1n) is 8.35. The van der Waals surface area contributed by atoms with E-state index in [1.807, 2.05) is 24.0 Å². The zero-order valence-electron chi connectivity index (χ0n) is 15.2. The number of ether oxygens (including phenoxy) is 3. The van der Waals surface area contributed by atoms with Crippen molar-refractivity contribution in [3.8, 4) is 17.2 Å². The summed E-state index contributed by atoms with van der Waals surface area (Å²) in [5, 5.41) is 3.06. The monoisotopic (exact) mass is 336 g/mol. The smallest absolute Gasteiger partial charge is 0.317 e. The number of methoxy groups -OCH3 is 3. The lowest BCUT2D eigenvalue weighted by molar-refractivity contribution is 0.171. The highest BCUT2D eigenvalue weighted by atomic mass is 16.5. The van der Waals surface area contributed by atoms with Crippen LogP contribution in [-0.2, 0) is 0 Å². The third kappa shape index (κ3) is 4.04. The molecule has 0 aromatic heterocycles. The molecule has 0 saturated carbocycles. The molecule has 1 aromatic rings. The van der Waals surface area contributed by atoms with E-state index in [4.69, 9.17) is 14.2 Å². The number of urea groups is 1. The van der Waals surface area contributed by atoms with Crippen molar-refractivity contribution in [2.24, 2.45) is 5.92 Å². The van der Waals surface area contributed by atoms with E-state index in [1.54, 1.807) is 21.3 Å². The quantitative estimate of drug-likeness (QED) is 0.897. The summed E-state index contributed by atoms with van der Waals surface area (Å²) in [7, 11) is 4.74. The SMILES string of the molecule is COc1cc(C(C)NC(=O)N2CCC(C)CC2)cc(OC)c1OC. The molecule has 0 aliphatic carbocycles. The van der Waals surface area contributed by atoms with Gasteiger partial charge < -0.3 is 24.4 Å². The molecule has 0 bridgehead atoms. The number of amides is 2. The molecule has 1 aromatic carbocycles. The van der Waals surface area contributed by atoms with Gasteiger partial charge in [0.15, 0.2) is 11.5 Å². The van der Waals surface area contributed by atoms with E-state index < -0.39 is 0 Å². The maximum atomic E-state index is 12.4. The van der Waals surface area contributed by atoms with Crippen LogP contribution in [0.5, 0.6) is 17.2 Å². The Hall–Kier alpha value is -2.11. The predicted octanol–water partition coefficient (Wildman–Crippen LogP) is 3.21. The number of hydrogen-bond acceptors (Lipinski definition) is 4. The molecule has 134 valence electrons. The Balaban J connectivity index is 2.11. The van der Waals surface area contributed by atoms with Gasteiger partial charge in [-0.25, -0.2) is 4.79 Å². The molecule has 2 rings (SSSR count). The molecule has 2 amide bonds. The van der Waals surface area contributed by atoms with Gasteiger partial charge in [0, 0.05) is 13.1 Å². The highest BCUT2D eigenvalue weighted by Crippen LogP contribution is 2.39. The average Bonchev–Trinajstić information content (AvgIpc) is 2.60. The first kappa shape index (κ1) is 18.2. The minimum absolute atomic E-state index is 0.0249. The van der Waals surface area contributed by atoms with Crippen LogP contribution >= 0.6 is 0 Å². The molecule has 24 heavy (non-hydrogen) atoms. The third-order valence-corrected chi connectivity index (χ3v) is 4.60. The van der Waals surface area contributed by atoms with Gasteiger partial charge in [0.2, 0.25) is 5.75 Å². The van der Waals surface area contributed by atoms with Crippen LogP contribution in [-0.4, -0.2) is 45.3 Å². The summed E-state index contributed by atoms with van der Waals surface area (Å²) in [5.41, 5.74) is 0.906. The van der Waals surface area contributed by atoms with E-state index in [9.17, 15) is 4.79 Å². The van der Waals surface area contributed by atoms with Crippen LogP contribution < -0.4 is 19.5 Å². The lowest BCUT2D eigenvalue weighted by atomic mass is 9.99. The van der Waals surface area contributed by atoms with E-state index in [2.05, 4.69) is 12.2 Å². The average molecular weight is 336 g/mol. The molecule has 1 atom stereocenters. The number of benzene rings is 1. The van der Waals surface area contributed by atoms with Gasteiger partial charge in [-0.2, -0.15) is 0 Å². The molecule has 1 aliphatic heterocycles. The third-order valence-electron chi connectivity index (χ3n) is 4.60. The van der Waals surface area contributed by atoms with Crippen LogP contribution in [0.1, 0.15) is 38.3 Å². The number of rotatable bonds is 5. The lowest BCUT2D eigenvalue weighted by Crippen LogP contribution is -2.44. The van der Waals surface area contributed by atoms with Crippen molar-refractivity contribution in [1.29, 1.82) is 0 Å². The molecular weight excluding hydrogens is 308 g/mol. The van der Waals surface area contributed by atoms with E-state index in [0.717, 1.165) is 31.5 Å². The second kappa shape index (κ2) is 8.13. The normalized spacial score (nSPS) is 16.5. The molecule has 0 spiro atoms. The molecule has 6 nitrogen and oxygen atoms in total. The highest BCUT2D eigenvalue weighted by molar-refractivity contribution is 5.75. The summed E-state index contributed by atoms with van der Waals surface area (Å²) in [5.74, 6) is 2.41. The Morgan fingerprint density at radius 1 is 1.12 bits per heavy atom. The summed E-state index contributed by atoms with van der Waals surface area (Å²) < 4.78 is 16.1. The summed E-state index contributed by atoms with van der Waals surface area (Å²) in [4.78, 5) is 14.3. The van der Waals surface area contributed by atoms with Crippen molar-refractivity contribution in [1.82, 2.24) is 10.2 Å². The molecule has 1 aliphatic rings. The first-order valence-corrected chi connectivity index (χ1v) is 8.35. The zero-order valence-corrected chi connectivity index (χ0v) is 15.2. The fourth-order valence-electron chi connectivity index (χ4n) is 2.92. The molecule has 1 unspecified atom stereocenters. The van der Waals surface area contributed by atoms with Gasteiger partial charge >= 0.3 is 6.03 Å². The van der Waals surface area contributed by atoms with Crippen molar-refractivity contribution >= 4 is 6.03 Å². The number of likely N-dealkylation sites (tertiary alicyclic amines) is 1. The maximum absolute atomic E-state index is 12.4. The molecule has 1 saturated heterocycles. The molecule has 6 heteroatoms. The number of piperidine rings is 1. The second-order valence-corrected chi connectivity index (χ2v) is 6.30. The van der Waals surface area contributed by atoms with Crippen molar-refractivity contribution in [3.05, 3.63) is 17.7 Å². The standard InChI is InChI=1S/C18H28N2O4/c1-12-6-8-20(9-7-12)18(21)19-13(2)14-10-15(22-3)17(24-5)16(11-14)23-4/h10-13H,6-9H2,1-5H3,(H,19,21). The van der Waals surface area contributed by atoms with Gasteiger partial charge in [0.05, 0.1) is 27.4 Å². The largest absolute Gasteiger partial charge is 0.493 e. The molecule has 1 heterocycles. The van der Waals surface area contributed by atoms with Gasteiger partial charge in [0.1, 0.15) is 0 Å². The minimum Gasteiger partial charge on any atom is -0.493 e. The zero-order chi connectivity index (χ0) is 17.7. The maximum Gasteiger partial charge on any atom is 0.317 e. The molecule has 1 fully saturated rings. The fourth-order valence-corrected chi connectivity index (χ4v) is 2.92. The van der Waals surface area contributed by atoms with Crippen LogP contribution in [0.2, 0.25) is 0 Å². The number of nitrogens with one attached hydrogen (secondary N) is 1. The summed E-state index contributed by atoms with van der Waals surface area (Å²) in [6, 6.07) is 3.54. The Morgan fingerprint density at radius 3 is 2.12 bits per heavy atom. The fraction of sp³-hybridized carbons (Fsp3) is 0.611. The predicted molar refractivity (Wildman–Crippen MR) is 93.0 cm³/mol. The Bertz CT molecular complexity index is 543. The van der Waals surface area contributed by atoms with Gasteiger partial charge in [0.25, 0.3) is 0 Å². The number of carbonyl (C=O) groups is 1. The minimum atomic E-state index is -0.162. The molecular formula is C18H28N2O4. The van der Waals surface area contributed by atoms with Crippen LogP contribution in [0.4, 0.5) is 4.79 Å². The Labute approximate surface area is 144 Å². The van der Waals surface area contributed by atoms with Crippen LogP contribution in [0.25, 0.3) is 0 Å². The van der Waals surface area contributed by atoms with Crippen molar-refractivity contribution in [3.63, 3.8) is 0 Å². The van der Waals surface area contributed by atoms with E-state index in [-0.39, 0.29) is 12.1 Å². The summed E-state index contributed by atoms with van der Waals surface area (Å²) >= 11 is 0. The van der Waals surface area contributed by atoms with Crippen LogP contribution in [0.15, 0.2) is 12.1 Å². The number of carbonyl (C=O) groups excluding carboxylic acids is 1. The molecule has 1 N–H and O–H groups in total. The summed E-state index contributed by atoms with van der Waals surface area (Å²) in [6.07, 6.45) is 2.12. The number of nitrogens with zero attached hydrogens (tertiary/aromatic N) is 1. The van der Waals surface area contributed by atoms with Gasteiger partial charge in [-0.05, 0) is 43.4 Å². The topological polar surface area (TPSA) is 60.0 Å². The van der Waals surface area contributed by atoms with E-state index in [1.165, 1.54) is 0 Å². The van der Waals surface area contributed by atoms with Gasteiger partial charge in [-0.1, -0.05) is 6.92 Å². The van der Waals surface area contributed by atoms with Crippen molar-refractivity contribution in [2.45, 2.75) is 32.7 Å². The lowest BCUT2D eigenvalue weighted by Gasteiger charge is -2.31. The van der Waals surface area contributed by atoms with Crippen molar-refractivity contribution < 1.29 is 19.0 Å². The first-order chi connectivity index (χ1) is 11.5.